The Labute approximate surface area is 119 Å². The molecule has 1 atom stereocenters. The van der Waals surface area contributed by atoms with E-state index in [0.29, 0.717) is 0 Å². The van der Waals surface area contributed by atoms with Crippen LogP contribution in [0.15, 0.2) is 35.4 Å². The summed E-state index contributed by atoms with van der Waals surface area (Å²) in [6, 6.07) is 8.10. The monoisotopic (exact) mass is 296 g/mol. The molecule has 0 spiro atoms. The highest BCUT2D eigenvalue weighted by molar-refractivity contribution is 5.68. The standard InChI is InChI=1S/C13H14F2N4O2/c14-13(15)6-11(7-17-18-16)19(9-13)12(20)21-8-10-4-2-1-3-5-10/h1-5,11H,6-9H2. The molecule has 1 unspecified atom stereocenters. The van der Waals surface area contributed by atoms with Gasteiger partial charge in [0, 0.05) is 23.9 Å². The number of alkyl halides is 2. The second-order valence-electron chi connectivity index (χ2n) is 4.80. The minimum Gasteiger partial charge on any atom is -0.445 e. The van der Waals surface area contributed by atoms with Gasteiger partial charge in [0.25, 0.3) is 5.92 Å². The van der Waals surface area contributed by atoms with Crippen molar-refractivity contribution in [1.29, 1.82) is 0 Å². The van der Waals surface area contributed by atoms with E-state index in [2.05, 4.69) is 10.0 Å². The number of carbonyl (C=O) groups is 1. The maximum atomic E-state index is 13.4. The first-order valence-electron chi connectivity index (χ1n) is 6.38. The van der Waals surface area contributed by atoms with Crippen LogP contribution in [0.25, 0.3) is 10.4 Å². The summed E-state index contributed by atoms with van der Waals surface area (Å²) in [6.45, 7) is -0.894. The smallest absolute Gasteiger partial charge is 0.410 e. The number of rotatable bonds is 4. The molecule has 0 N–H and O–H groups in total. The van der Waals surface area contributed by atoms with Crippen molar-refractivity contribution in [3.63, 3.8) is 0 Å². The van der Waals surface area contributed by atoms with Crippen LogP contribution in [0.3, 0.4) is 0 Å². The van der Waals surface area contributed by atoms with Crippen molar-refractivity contribution in [3.8, 4) is 0 Å². The quantitative estimate of drug-likeness (QED) is 0.485. The van der Waals surface area contributed by atoms with Gasteiger partial charge in [-0.3, -0.25) is 4.90 Å². The predicted molar refractivity (Wildman–Crippen MR) is 70.7 cm³/mol. The second-order valence-corrected chi connectivity index (χ2v) is 4.80. The van der Waals surface area contributed by atoms with E-state index >= 15 is 0 Å². The Balaban J connectivity index is 1.97. The lowest BCUT2D eigenvalue weighted by Crippen LogP contribution is -2.38. The largest absolute Gasteiger partial charge is 0.445 e. The lowest BCUT2D eigenvalue weighted by Gasteiger charge is -2.21. The van der Waals surface area contributed by atoms with Crippen molar-refractivity contribution in [1.82, 2.24) is 4.90 Å². The molecule has 1 heterocycles. The first-order valence-corrected chi connectivity index (χ1v) is 6.38. The Kier molecular flexibility index (Phi) is 4.59. The molecule has 0 bridgehead atoms. The lowest BCUT2D eigenvalue weighted by atomic mass is 10.2. The second kappa shape index (κ2) is 6.41. The van der Waals surface area contributed by atoms with Crippen LogP contribution in [0.5, 0.6) is 0 Å². The van der Waals surface area contributed by atoms with E-state index in [4.69, 9.17) is 10.3 Å². The fraction of sp³-hybridized carbons (Fsp3) is 0.462. The van der Waals surface area contributed by atoms with Crippen molar-refractivity contribution >= 4 is 6.09 Å². The third-order valence-corrected chi connectivity index (χ3v) is 3.17. The summed E-state index contributed by atoms with van der Waals surface area (Å²) in [7, 11) is 0. The van der Waals surface area contributed by atoms with Gasteiger partial charge in [-0.2, -0.15) is 0 Å². The number of benzene rings is 1. The van der Waals surface area contributed by atoms with E-state index in [-0.39, 0.29) is 13.2 Å². The maximum absolute atomic E-state index is 13.4. The van der Waals surface area contributed by atoms with Gasteiger partial charge in [-0.15, -0.1) is 0 Å². The van der Waals surface area contributed by atoms with Crippen LogP contribution in [-0.4, -0.2) is 36.0 Å². The molecule has 112 valence electrons. The summed E-state index contributed by atoms with van der Waals surface area (Å²) in [6.07, 6.45) is -1.35. The molecule has 1 fully saturated rings. The van der Waals surface area contributed by atoms with Crippen LogP contribution < -0.4 is 0 Å². The van der Waals surface area contributed by atoms with E-state index in [1.807, 2.05) is 6.07 Å². The minimum absolute atomic E-state index is 0.00990. The third-order valence-electron chi connectivity index (χ3n) is 3.17. The SMILES string of the molecule is [N-]=[N+]=NCC1CC(F)(F)CN1C(=O)OCc1ccccc1. The van der Waals surface area contributed by atoms with Crippen molar-refractivity contribution in [3.05, 3.63) is 46.3 Å². The summed E-state index contributed by atoms with van der Waals surface area (Å²) in [5, 5.41) is 3.27. The van der Waals surface area contributed by atoms with Crippen LogP contribution in [0, 0.1) is 0 Å². The van der Waals surface area contributed by atoms with Gasteiger partial charge in [-0.05, 0) is 11.1 Å². The zero-order valence-corrected chi connectivity index (χ0v) is 11.2. The van der Waals surface area contributed by atoms with Crippen LogP contribution in [-0.2, 0) is 11.3 Å². The predicted octanol–water partition coefficient (Wildman–Crippen LogP) is 3.34. The molecule has 0 radical (unpaired) electrons. The number of carbonyl (C=O) groups excluding carboxylic acids is 1. The zero-order valence-electron chi connectivity index (χ0n) is 11.2. The number of nitrogens with zero attached hydrogens (tertiary/aromatic N) is 4. The Hall–Kier alpha value is -2.34. The highest BCUT2D eigenvalue weighted by atomic mass is 19.3. The molecule has 2 rings (SSSR count). The summed E-state index contributed by atoms with van der Waals surface area (Å²) in [4.78, 5) is 15.4. The number of azide groups is 1. The molecule has 1 aromatic carbocycles. The van der Waals surface area contributed by atoms with Gasteiger partial charge < -0.3 is 4.74 Å². The molecular weight excluding hydrogens is 282 g/mol. The number of amides is 1. The summed E-state index contributed by atoms with van der Waals surface area (Å²) < 4.78 is 31.9. The Morgan fingerprint density at radius 2 is 2.19 bits per heavy atom. The number of likely N-dealkylation sites (tertiary alicyclic amines) is 1. The van der Waals surface area contributed by atoms with Gasteiger partial charge in [0.1, 0.15) is 6.61 Å². The molecule has 6 nitrogen and oxygen atoms in total. The average Bonchev–Trinajstić information content (AvgIpc) is 2.79. The molecule has 1 aliphatic heterocycles. The summed E-state index contributed by atoms with van der Waals surface area (Å²) in [5.74, 6) is -2.98. The van der Waals surface area contributed by atoms with Crippen molar-refractivity contribution in [2.75, 3.05) is 13.1 Å². The molecule has 8 heteroatoms. The molecule has 21 heavy (non-hydrogen) atoms. The van der Waals surface area contributed by atoms with Gasteiger partial charge in [-0.25, -0.2) is 13.6 Å². The molecule has 0 aromatic heterocycles. The Bertz CT molecular complexity index is 546. The number of hydrogen-bond donors (Lipinski definition) is 0. The van der Waals surface area contributed by atoms with E-state index in [1.54, 1.807) is 24.3 Å². The first kappa shape index (κ1) is 15.1. The molecule has 1 saturated heterocycles. The van der Waals surface area contributed by atoms with Crippen molar-refractivity contribution < 1.29 is 18.3 Å². The zero-order chi connectivity index (χ0) is 15.3. The van der Waals surface area contributed by atoms with E-state index in [1.165, 1.54) is 0 Å². The maximum Gasteiger partial charge on any atom is 0.410 e. The van der Waals surface area contributed by atoms with Crippen LogP contribution in [0.2, 0.25) is 0 Å². The molecule has 1 aromatic rings. The summed E-state index contributed by atoms with van der Waals surface area (Å²) in [5.41, 5.74) is 9.04. The fourth-order valence-electron chi connectivity index (χ4n) is 2.21. The number of halogens is 2. The van der Waals surface area contributed by atoms with Gasteiger partial charge in [0.05, 0.1) is 6.54 Å². The van der Waals surface area contributed by atoms with Gasteiger partial charge in [-0.1, -0.05) is 35.4 Å². The normalized spacial score (nSPS) is 19.9. The van der Waals surface area contributed by atoms with Crippen molar-refractivity contribution in [2.24, 2.45) is 5.11 Å². The molecule has 1 amide bonds. The molecular formula is C13H14F2N4O2. The number of ether oxygens (including phenoxy) is 1. The van der Waals surface area contributed by atoms with Crippen LogP contribution in [0.1, 0.15) is 12.0 Å². The van der Waals surface area contributed by atoms with Crippen LogP contribution in [0.4, 0.5) is 13.6 Å². The summed E-state index contributed by atoms with van der Waals surface area (Å²) >= 11 is 0. The van der Waals surface area contributed by atoms with Gasteiger partial charge in [0.15, 0.2) is 0 Å². The van der Waals surface area contributed by atoms with E-state index in [0.717, 1.165) is 10.5 Å². The Morgan fingerprint density at radius 1 is 1.48 bits per heavy atom. The molecule has 1 aliphatic rings. The Morgan fingerprint density at radius 3 is 2.86 bits per heavy atom. The molecule has 0 aliphatic carbocycles. The van der Waals surface area contributed by atoms with Crippen molar-refractivity contribution in [2.45, 2.75) is 25.0 Å². The topological polar surface area (TPSA) is 78.3 Å². The van der Waals surface area contributed by atoms with E-state index in [9.17, 15) is 13.6 Å². The highest BCUT2D eigenvalue weighted by Crippen LogP contribution is 2.32. The lowest BCUT2D eigenvalue weighted by molar-refractivity contribution is 0.0101. The minimum atomic E-state index is -2.98. The molecule has 0 saturated carbocycles. The van der Waals surface area contributed by atoms with Gasteiger partial charge in [0.2, 0.25) is 0 Å². The fourth-order valence-corrected chi connectivity index (χ4v) is 2.21. The number of hydrogen-bond acceptors (Lipinski definition) is 3. The average molecular weight is 296 g/mol. The third kappa shape index (κ3) is 4.06. The first-order chi connectivity index (χ1) is 10.0. The highest BCUT2D eigenvalue weighted by Gasteiger charge is 2.47. The van der Waals surface area contributed by atoms with Crippen LogP contribution >= 0.6 is 0 Å². The van der Waals surface area contributed by atoms with E-state index < -0.39 is 31.0 Å². The van der Waals surface area contributed by atoms with Gasteiger partial charge >= 0.3 is 6.09 Å².